The number of nitrogens with one attached hydrogen (secondary N) is 5. The number of fused-ring (bicyclic) bond motifs is 4. The Bertz CT molecular complexity index is 6280. The van der Waals surface area contributed by atoms with Crippen molar-refractivity contribution >= 4 is 136 Å². The maximum absolute atomic E-state index is 14.1. The van der Waals surface area contributed by atoms with Gasteiger partial charge in [-0.05, 0) is 222 Å². The number of aromatic nitrogens is 8. The Kier molecular flexibility index (Phi) is 36.5. The molecule has 0 spiro atoms. The Labute approximate surface area is 888 Å². The molecule has 31 nitrogen and oxygen atoms in total. The predicted octanol–water partition coefficient (Wildman–Crippen LogP) is 20.1. The average molecular weight is 2130 g/mol. The molecule has 8 aromatic heterocycles. The normalized spacial score (nSPS) is 20.4. The van der Waals surface area contributed by atoms with Crippen molar-refractivity contribution in [2.24, 2.45) is 41.4 Å². The Morgan fingerprint density at radius 1 is 0.387 bits per heavy atom. The molecule has 150 heavy (non-hydrogen) atoms. The second-order valence-electron chi connectivity index (χ2n) is 41.4. The van der Waals surface area contributed by atoms with Crippen LogP contribution in [0.15, 0.2) is 140 Å². The summed E-state index contributed by atoms with van der Waals surface area (Å²) in [6.07, 6.45) is 14.2. The highest BCUT2D eigenvalue weighted by Crippen LogP contribution is 2.47. The quantitative estimate of drug-likeness (QED) is 0.0253. The number of nitrogens with zero attached hydrogens (tertiary/aromatic N) is 12. The van der Waals surface area contributed by atoms with Gasteiger partial charge in [-0.3, -0.25) is 38.4 Å². The van der Waals surface area contributed by atoms with Gasteiger partial charge in [0.1, 0.15) is 78.3 Å². The number of thiazole rings is 4. The van der Waals surface area contributed by atoms with Gasteiger partial charge in [0.05, 0.1) is 69.1 Å². The lowest BCUT2D eigenvalue weighted by molar-refractivity contribution is -0.141. The number of alkyl halides is 3. The molecule has 12 atom stereocenters. The van der Waals surface area contributed by atoms with E-state index in [9.17, 15) is 56.6 Å². The number of benzene rings is 4. The van der Waals surface area contributed by atoms with Crippen molar-refractivity contribution in [2.45, 2.75) is 270 Å². The lowest BCUT2D eigenvalue weighted by Crippen LogP contribution is -2.56. The number of amides is 8. The highest BCUT2D eigenvalue weighted by molar-refractivity contribution is 7.11. The first-order chi connectivity index (χ1) is 72.5. The van der Waals surface area contributed by atoms with E-state index < -0.39 is 47.7 Å². The topological polar surface area (TPSA) is 387 Å². The zero-order valence-electron chi connectivity index (χ0n) is 87.0. The molecular formula is C112H138F3N17O14S4. The first-order valence-corrected chi connectivity index (χ1v) is 56.9. The van der Waals surface area contributed by atoms with Crippen LogP contribution in [0.2, 0.25) is 0 Å². The molecule has 7 saturated heterocycles. The number of hydrogen-bond donors (Lipinski definition) is 6. The number of carbonyl (C=O) groups is 8. The van der Waals surface area contributed by atoms with Gasteiger partial charge >= 0.3 is 6.18 Å². The molecule has 4 aromatic carbocycles. The minimum atomic E-state index is -4.59. The van der Waals surface area contributed by atoms with E-state index in [0.717, 1.165) is 197 Å². The molecule has 15 heterocycles. The van der Waals surface area contributed by atoms with Crippen LogP contribution in [-0.2, 0) is 64.3 Å². The van der Waals surface area contributed by atoms with Crippen molar-refractivity contribution in [3.63, 3.8) is 0 Å². The van der Waals surface area contributed by atoms with Crippen LogP contribution < -0.4 is 26.6 Å². The van der Waals surface area contributed by atoms with Crippen molar-refractivity contribution < 1.29 is 79.9 Å². The fourth-order valence-corrected chi connectivity index (χ4v) is 25.3. The maximum atomic E-state index is 14.1. The van der Waals surface area contributed by atoms with E-state index >= 15 is 0 Å². The Morgan fingerprint density at radius 3 is 1.02 bits per heavy atom. The smallest absolute Gasteiger partial charge is 0.384 e. The average Bonchev–Trinajstić information content (AvgIpc) is 1.34. The Hall–Kier alpha value is -11.5. The van der Waals surface area contributed by atoms with Crippen molar-refractivity contribution in [2.75, 3.05) is 72.9 Å². The third-order valence-corrected chi connectivity index (χ3v) is 34.9. The summed E-state index contributed by atoms with van der Waals surface area (Å²) in [4.78, 5) is 143. The summed E-state index contributed by atoms with van der Waals surface area (Å²) in [5.74, 6) is -0.615. The van der Waals surface area contributed by atoms with Crippen molar-refractivity contribution in [1.29, 1.82) is 0 Å². The number of pyridine rings is 2. The van der Waals surface area contributed by atoms with Gasteiger partial charge in [-0.25, -0.2) is 29.9 Å². The highest BCUT2D eigenvalue weighted by atomic mass is 32.1. The molecule has 1 aliphatic carbocycles. The minimum Gasteiger partial charge on any atom is -0.384 e. The molecule has 8 fully saturated rings. The second-order valence-corrected chi connectivity index (χ2v) is 45.0. The van der Waals surface area contributed by atoms with Gasteiger partial charge in [-0.15, -0.1) is 45.3 Å². The lowest BCUT2D eigenvalue weighted by Gasteiger charge is -2.35. The van der Waals surface area contributed by atoms with E-state index in [-0.39, 0.29) is 118 Å². The molecule has 12 aromatic rings. The van der Waals surface area contributed by atoms with Gasteiger partial charge in [0.25, 0.3) is 0 Å². The zero-order valence-corrected chi connectivity index (χ0v) is 90.2. The van der Waals surface area contributed by atoms with Gasteiger partial charge in [0.2, 0.25) is 47.3 Å². The van der Waals surface area contributed by atoms with Crippen molar-refractivity contribution in [3.05, 3.63) is 162 Å². The van der Waals surface area contributed by atoms with Crippen LogP contribution in [0.1, 0.15) is 259 Å². The Morgan fingerprint density at radius 2 is 0.687 bits per heavy atom. The molecule has 8 amide bonds. The molecule has 1 saturated carbocycles. The van der Waals surface area contributed by atoms with Gasteiger partial charge in [-0.1, -0.05) is 132 Å². The number of rotatable bonds is 29. The highest BCUT2D eigenvalue weighted by Gasteiger charge is 2.47. The van der Waals surface area contributed by atoms with Gasteiger partial charge in [0, 0.05) is 127 Å². The summed E-state index contributed by atoms with van der Waals surface area (Å²) in [5.41, 5.74) is 6.54. The molecule has 38 heteroatoms. The summed E-state index contributed by atoms with van der Waals surface area (Å²) < 4.78 is 68.4. The molecule has 0 unspecified atom stereocenters. The number of aliphatic hydroxyl groups is 1. The van der Waals surface area contributed by atoms with E-state index in [1.165, 1.54) is 17.8 Å². The van der Waals surface area contributed by atoms with Crippen LogP contribution in [0.25, 0.3) is 89.0 Å². The first-order valence-electron chi connectivity index (χ1n) is 53.4. The van der Waals surface area contributed by atoms with Gasteiger partial charge in [0.15, 0.2) is 11.2 Å². The van der Waals surface area contributed by atoms with Gasteiger partial charge < -0.3 is 74.5 Å². The van der Waals surface area contributed by atoms with E-state index in [0.29, 0.717) is 119 Å². The molecule has 0 bridgehead atoms. The standard InChI is InChI=1S/C30H39N5O4S.C29H33F3N4O3S.C27H34N4O3S.C26H32N4O4S/c1-18(31-4)27(36)34-26(19-11-14-39-15-12-19)29(37)35-13-7-10-24(35)28-33-23(17-40-28)21-16-25(30(2,3)38)32-22-9-6-5-8-20(21)22;1-3-17(2)26(37)35-25(18-10-13-39-14-11-18)28(38)36-12-6-9-23(36)27-34-22(16-40-27)20-15-24(29(30,31)32)33-21-8-5-4-7-19(20)21;1-3-17(2)25(32)29-23(18-10-5-4-6-11-18)27(33)31-15-9-13-21(31)26-28-20(16-35-26)24-19-12-7-8-14-22(19)34-30-24;1-3-16(2)24(31)28-22(17-10-13-33-14-11-17)26(32)30-12-6-8-20(30)25-27-19(15-35-25)23-18-7-4-5-9-21(18)34-29-23/h5-6,8-9,16-19,24,26,31,38H,7,10-15H2,1-4H3,(H,34,36);4-5,7-8,15-18,23,25H,3,6,9-14H2,1-2H3,(H,35,37);7-8,12,14,16-18,21,23H,3-6,9-11,13,15H2,1-2H3,(H,29,32);4-5,7,9,15-17,20,22H,3,6,8,10-14H2,1-2H3,(H,28,31)/t18-,24-,26-;17-,23+,25+;17-,21+,23+;16-,20+,22+/m0111/s1. The summed E-state index contributed by atoms with van der Waals surface area (Å²) in [6, 6.07) is 29.8. The number of likely N-dealkylation sites (N-methyl/N-ethyl adjacent to an activating group) is 1. The van der Waals surface area contributed by atoms with Crippen LogP contribution in [0.3, 0.4) is 0 Å². The molecule has 6 N–H and O–H groups in total. The number of halogens is 3. The zero-order chi connectivity index (χ0) is 106. The van der Waals surface area contributed by atoms with Crippen LogP contribution in [0.5, 0.6) is 0 Å². The fraction of sp³-hybridized carbons (Fsp3) is 0.536. The predicted molar refractivity (Wildman–Crippen MR) is 573 cm³/mol. The number of ether oxygens (including phenoxy) is 3. The summed E-state index contributed by atoms with van der Waals surface area (Å²) >= 11 is 6.01. The fourth-order valence-electron chi connectivity index (χ4n) is 21.5. The van der Waals surface area contributed by atoms with Crippen LogP contribution in [0, 0.1) is 41.4 Å². The van der Waals surface area contributed by atoms with Crippen molar-refractivity contribution in [1.82, 2.24) is 86.4 Å². The number of carbonyl (C=O) groups excluding carboxylic acids is 8. The SMILES string of the molecule is CC[C@@H](C)C(=O)N[C@H](C(=O)N1CCC[C@H]1c1nc(-c2cc(C(F)(F)F)nc3ccccc23)cs1)C1CCOCC1.CC[C@@H](C)C(=O)N[C@H](C(=O)N1CCC[C@H]1c1nc(-c2noc3ccccc23)cs1)C1CCCCC1.CC[C@@H](C)C(=O)N[C@H](C(=O)N1CCC[C@H]1c1nc(-c2noc3ccccc23)cs1)C1CCOCC1.CN[C@@H](C)C(=O)N[C@H](C(=O)N1CCC[C@H]1c1nc(-c2cc(C(C)(C)O)nc3ccccc23)cs1)C1CCOCC1. The van der Waals surface area contributed by atoms with Crippen LogP contribution in [-0.4, -0.2) is 215 Å². The van der Waals surface area contributed by atoms with E-state index in [1.54, 1.807) is 96.4 Å². The Balaban J connectivity index is 0.000000136. The first kappa shape index (κ1) is 110. The van der Waals surface area contributed by atoms with Crippen molar-refractivity contribution in [3.8, 4) is 45.3 Å². The van der Waals surface area contributed by atoms with E-state index in [2.05, 4.69) is 46.9 Å². The van der Waals surface area contributed by atoms with E-state index in [1.807, 2.05) is 151 Å². The molecule has 800 valence electrons. The third kappa shape index (κ3) is 25.3. The number of likely N-dealkylation sites (tertiary alicyclic amines) is 4. The molecule has 8 aliphatic rings. The minimum absolute atomic E-state index is 0.000288. The summed E-state index contributed by atoms with van der Waals surface area (Å²) in [5, 5.41) is 49.1. The second kappa shape index (κ2) is 49.9. The van der Waals surface area contributed by atoms with Gasteiger partial charge in [-0.2, -0.15) is 13.2 Å². The van der Waals surface area contributed by atoms with Crippen LogP contribution in [0.4, 0.5) is 13.2 Å². The number of hydrogen-bond acceptors (Lipinski definition) is 27. The van der Waals surface area contributed by atoms with E-state index in [4.69, 9.17) is 43.2 Å². The molecular weight excluding hydrogens is 1990 g/mol. The maximum Gasteiger partial charge on any atom is 0.433 e. The lowest BCUT2D eigenvalue weighted by atomic mass is 9.83. The molecule has 0 radical (unpaired) electrons. The third-order valence-electron chi connectivity index (χ3n) is 31.1. The summed E-state index contributed by atoms with van der Waals surface area (Å²) in [7, 11) is 1.74. The summed E-state index contributed by atoms with van der Waals surface area (Å²) in [6.45, 7) is 23.0. The number of para-hydroxylation sites is 4. The molecule has 20 rings (SSSR count). The van der Waals surface area contributed by atoms with Crippen LogP contribution >= 0.6 is 45.3 Å². The molecule has 7 aliphatic heterocycles. The largest absolute Gasteiger partial charge is 0.433 e. The monoisotopic (exact) mass is 2130 g/mol.